The van der Waals surface area contributed by atoms with Crippen molar-refractivity contribution in [3.63, 3.8) is 0 Å². The predicted octanol–water partition coefficient (Wildman–Crippen LogP) is 3.92. The number of hydrogen-bond acceptors (Lipinski definition) is 1. The monoisotopic (exact) mass is 350 g/mol. The second-order valence-corrected chi connectivity index (χ2v) is 3.71. The molecule has 21 heavy (non-hydrogen) atoms. The third-order valence-electron chi connectivity index (χ3n) is 2.49. The van der Waals surface area contributed by atoms with Crippen molar-refractivity contribution in [2.24, 2.45) is 5.41 Å². The van der Waals surface area contributed by atoms with Crippen LogP contribution in [0.15, 0.2) is 0 Å². The van der Waals surface area contributed by atoms with Crippen LogP contribution in [-0.4, -0.2) is 42.1 Å². The molecule has 0 amide bonds. The number of alkyl halides is 13. The number of hydrogen-bond donors (Lipinski definition) is 1. The Morgan fingerprint density at radius 2 is 0.762 bits per heavy atom. The van der Waals surface area contributed by atoms with Gasteiger partial charge in [-0.1, -0.05) is 0 Å². The lowest BCUT2D eigenvalue weighted by atomic mass is 9.76. The van der Waals surface area contributed by atoms with E-state index in [4.69, 9.17) is 5.11 Å². The average molecular weight is 350 g/mol. The maximum atomic E-state index is 12.9. The molecule has 0 aliphatic carbocycles. The zero-order valence-corrected chi connectivity index (χ0v) is 9.07. The van der Waals surface area contributed by atoms with Crippen molar-refractivity contribution in [1.82, 2.24) is 0 Å². The van der Waals surface area contributed by atoms with Gasteiger partial charge in [-0.05, 0) is 0 Å². The Morgan fingerprint density at radius 1 is 0.476 bits per heavy atom. The van der Waals surface area contributed by atoms with Gasteiger partial charge >= 0.3 is 30.4 Å². The van der Waals surface area contributed by atoms with Crippen LogP contribution in [0.4, 0.5) is 57.1 Å². The molecule has 0 atom stereocenters. The zero-order valence-electron chi connectivity index (χ0n) is 9.07. The van der Waals surface area contributed by atoms with Gasteiger partial charge in [0.1, 0.15) is 0 Å². The molecular weight excluding hydrogens is 347 g/mol. The Hall–Kier alpha value is -0.950. The van der Waals surface area contributed by atoms with Crippen molar-refractivity contribution >= 4 is 0 Å². The Morgan fingerprint density at radius 3 is 0.905 bits per heavy atom. The van der Waals surface area contributed by atoms with Gasteiger partial charge in [-0.3, -0.25) is 0 Å². The minimum Gasteiger partial charge on any atom is -0.395 e. The minimum absolute atomic E-state index is 3.77. The zero-order chi connectivity index (χ0) is 17.7. The summed E-state index contributed by atoms with van der Waals surface area (Å²) in [6, 6.07) is 0. The maximum Gasteiger partial charge on any atom is 0.459 e. The first kappa shape index (κ1) is 20.1. The standard InChI is InChI=1S/C7H3F13O/c8-3(9,4(10,11)7(18,19)20)2(1-21,5(12,13)14)6(15,16)17/h21H,1H2. The normalized spacial score (nSPS) is 16.3. The van der Waals surface area contributed by atoms with Gasteiger partial charge in [-0.25, -0.2) is 0 Å². The molecule has 0 spiro atoms. The van der Waals surface area contributed by atoms with E-state index in [0.717, 1.165) is 0 Å². The lowest BCUT2D eigenvalue weighted by Gasteiger charge is -2.44. The highest BCUT2D eigenvalue weighted by molar-refractivity contribution is 5.10. The van der Waals surface area contributed by atoms with Gasteiger partial charge in [0, 0.05) is 0 Å². The van der Waals surface area contributed by atoms with Crippen LogP contribution in [0.2, 0.25) is 0 Å². The Balaban J connectivity index is 6.60. The predicted molar refractivity (Wildman–Crippen MR) is 37.6 cm³/mol. The van der Waals surface area contributed by atoms with E-state index in [0.29, 0.717) is 0 Å². The van der Waals surface area contributed by atoms with Crippen LogP contribution in [0.25, 0.3) is 0 Å². The first-order valence-electron chi connectivity index (χ1n) is 4.38. The number of rotatable bonds is 3. The van der Waals surface area contributed by atoms with Gasteiger partial charge in [0.05, 0.1) is 6.61 Å². The molecule has 0 rings (SSSR count). The summed E-state index contributed by atoms with van der Waals surface area (Å²) in [7, 11) is 0. The fraction of sp³-hybridized carbons (Fsp3) is 1.00. The summed E-state index contributed by atoms with van der Waals surface area (Å²) in [5.41, 5.74) is -6.99. The molecule has 0 saturated carbocycles. The van der Waals surface area contributed by atoms with E-state index < -0.39 is 42.4 Å². The number of aliphatic hydroxyl groups is 1. The lowest BCUT2D eigenvalue weighted by molar-refractivity contribution is -0.464. The van der Waals surface area contributed by atoms with Crippen molar-refractivity contribution in [3.05, 3.63) is 0 Å². The number of halogens is 13. The first-order valence-corrected chi connectivity index (χ1v) is 4.38. The fourth-order valence-corrected chi connectivity index (χ4v) is 1.24. The Labute approximate surface area is 106 Å². The molecule has 0 saturated heterocycles. The number of aliphatic hydroxyl groups excluding tert-OH is 1. The largest absolute Gasteiger partial charge is 0.459 e. The highest BCUT2D eigenvalue weighted by Gasteiger charge is 2.92. The minimum atomic E-state index is -7.75. The van der Waals surface area contributed by atoms with Gasteiger partial charge in [0.2, 0.25) is 0 Å². The van der Waals surface area contributed by atoms with Crippen molar-refractivity contribution in [3.8, 4) is 0 Å². The summed E-state index contributed by atoms with van der Waals surface area (Å²) in [6.45, 7) is -3.77. The molecule has 1 nitrogen and oxygen atoms in total. The van der Waals surface area contributed by atoms with E-state index in [9.17, 15) is 57.1 Å². The van der Waals surface area contributed by atoms with Crippen molar-refractivity contribution in [2.45, 2.75) is 30.4 Å². The van der Waals surface area contributed by atoms with Crippen molar-refractivity contribution in [2.75, 3.05) is 6.61 Å². The third-order valence-corrected chi connectivity index (χ3v) is 2.49. The van der Waals surface area contributed by atoms with E-state index in [1.165, 1.54) is 0 Å². The molecule has 0 heterocycles. The molecule has 0 radical (unpaired) electrons. The third kappa shape index (κ3) is 2.50. The van der Waals surface area contributed by atoms with Crippen LogP contribution in [0.5, 0.6) is 0 Å². The van der Waals surface area contributed by atoms with E-state index in [1.54, 1.807) is 0 Å². The molecule has 0 aliphatic heterocycles. The van der Waals surface area contributed by atoms with Crippen LogP contribution in [0.1, 0.15) is 0 Å². The Bertz CT molecular complexity index is 357. The van der Waals surface area contributed by atoms with Gasteiger partial charge in [0.15, 0.2) is 0 Å². The SMILES string of the molecule is OCC(C(F)(F)F)(C(F)(F)F)C(F)(F)C(F)(F)C(F)(F)F. The van der Waals surface area contributed by atoms with Crippen LogP contribution in [0, 0.1) is 5.41 Å². The van der Waals surface area contributed by atoms with Gasteiger partial charge in [0.25, 0.3) is 5.41 Å². The topological polar surface area (TPSA) is 20.2 Å². The molecule has 14 heteroatoms. The highest BCUT2D eigenvalue weighted by atomic mass is 19.4. The van der Waals surface area contributed by atoms with Crippen molar-refractivity contribution < 1.29 is 62.2 Å². The average Bonchev–Trinajstić information content (AvgIpc) is 2.11. The van der Waals surface area contributed by atoms with Crippen molar-refractivity contribution in [1.29, 1.82) is 0 Å². The van der Waals surface area contributed by atoms with Crippen LogP contribution >= 0.6 is 0 Å². The molecule has 1 N–H and O–H groups in total. The van der Waals surface area contributed by atoms with Crippen LogP contribution in [0.3, 0.4) is 0 Å². The second-order valence-electron chi connectivity index (χ2n) is 3.71. The summed E-state index contributed by atoms with van der Waals surface area (Å²) in [4.78, 5) is 0. The quantitative estimate of drug-likeness (QED) is 0.765. The molecule has 0 unspecified atom stereocenters. The van der Waals surface area contributed by atoms with Gasteiger partial charge < -0.3 is 5.11 Å². The van der Waals surface area contributed by atoms with Crippen LogP contribution < -0.4 is 0 Å². The Kier molecular flexibility index (Phi) is 4.56. The molecule has 0 fully saturated rings. The molecule has 0 aromatic heterocycles. The van der Waals surface area contributed by atoms with E-state index >= 15 is 0 Å². The van der Waals surface area contributed by atoms with Gasteiger partial charge in [-0.15, -0.1) is 0 Å². The fourth-order valence-electron chi connectivity index (χ4n) is 1.24. The summed E-state index contributed by atoms with van der Waals surface area (Å²) >= 11 is 0. The first-order chi connectivity index (χ1) is 8.81. The van der Waals surface area contributed by atoms with Crippen LogP contribution in [-0.2, 0) is 0 Å². The van der Waals surface area contributed by atoms with E-state index in [1.807, 2.05) is 0 Å². The molecule has 0 aromatic carbocycles. The van der Waals surface area contributed by atoms with E-state index in [2.05, 4.69) is 0 Å². The summed E-state index contributed by atoms with van der Waals surface area (Å²) < 4.78 is 159. The second kappa shape index (κ2) is 4.78. The molecule has 128 valence electrons. The maximum absolute atomic E-state index is 12.9. The lowest BCUT2D eigenvalue weighted by Crippen LogP contribution is -2.71. The van der Waals surface area contributed by atoms with Gasteiger partial charge in [-0.2, -0.15) is 57.1 Å². The summed E-state index contributed by atoms with van der Waals surface area (Å²) in [5, 5.41) is 7.99. The highest BCUT2D eigenvalue weighted by Crippen LogP contribution is 2.64. The summed E-state index contributed by atoms with van der Waals surface area (Å²) in [6.07, 6.45) is -22.1. The smallest absolute Gasteiger partial charge is 0.395 e. The molecular formula is C7H3F13O. The van der Waals surface area contributed by atoms with E-state index in [-0.39, 0.29) is 0 Å². The molecule has 0 bridgehead atoms. The summed E-state index contributed by atoms with van der Waals surface area (Å²) in [5.74, 6) is -15.4. The molecule has 0 aromatic rings. The molecule has 0 aliphatic rings.